The molecule has 0 unspecified atom stereocenters. The number of hydrogen-bond donors (Lipinski definition) is 0. The predicted molar refractivity (Wildman–Crippen MR) is 265 cm³/mol. The third kappa shape index (κ3) is 5.10. The van der Waals surface area contributed by atoms with Gasteiger partial charge in [0.05, 0.1) is 41.5 Å². The molecule has 0 aliphatic heterocycles. The summed E-state index contributed by atoms with van der Waals surface area (Å²) in [4.78, 5) is 15.5. The van der Waals surface area contributed by atoms with Crippen LogP contribution in [0.2, 0.25) is 0 Å². The van der Waals surface area contributed by atoms with Gasteiger partial charge in [-0.3, -0.25) is 4.57 Å². The zero-order valence-corrected chi connectivity index (χ0v) is 34.1. The molecule has 0 aliphatic carbocycles. The average molecular weight is 846 g/mol. The Morgan fingerprint density at radius 2 is 1.08 bits per heavy atom. The van der Waals surface area contributed by atoms with Crippen molar-refractivity contribution in [1.82, 2.24) is 24.1 Å². The number of furan rings is 1. The van der Waals surface area contributed by atoms with Crippen LogP contribution in [0.25, 0.3) is 131 Å². The van der Waals surface area contributed by atoms with Crippen molar-refractivity contribution in [2.75, 3.05) is 0 Å². The lowest BCUT2D eigenvalue weighted by Gasteiger charge is -2.15. The molecule has 14 aromatic rings. The van der Waals surface area contributed by atoms with Gasteiger partial charge >= 0.3 is 0 Å². The Labute approximate surface area is 383 Å². The number of benzene rings is 9. The van der Waals surface area contributed by atoms with Crippen molar-refractivity contribution in [2.45, 2.75) is 0 Å². The lowest BCUT2D eigenvalue weighted by molar-refractivity contribution is 0.666. The van der Waals surface area contributed by atoms with Crippen molar-refractivity contribution in [3.63, 3.8) is 0 Å². The predicted octanol–water partition coefficient (Wildman–Crippen LogP) is 15.3. The highest BCUT2D eigenvalue weighted by atomic mass is 32.1. The van der Waals surface area contributed by atoms with Gasteiger partial charge in [0.2, 0.25) is 5.95 Å². The van der Waals surface area contributed by atoms with Gasteiger partial charge in [-0.15, -0.1) is 11.3 Å². The van der Waals surface area contributed by atoms with Gasteiger partial charge in [-0.05, 0) is 53.5 Å². The smallest absolute Gasteiger partial charge is 0.238 e. The summed E-state index contributed by atoms with van der Waals surface area (Å²) in [5, 5.41) is 3.17. The standard InChI is InChI=1S/C57H33N5OS/c1-3-16-34(17-4-1)36-32-44-39-22-9-13-27-48(39)63-54(44)47(33-36)61-45-25-11-7-20-37(45)40-30-31-41-38-21-8-12-26-46(38)62(53(41)52(40)61)57-59-55(35-18-5-2-6-19-35)58-56(60-57)43-24-15-29-50-51(43)42-23-10-14-28-49(42)64-50/h1-33H/i7D,8D,11D,12D,20D,21D,25D,26D,30D,31D. The minimum absolute atomic E-state index is 0.0212. The first kappa shape index (κ1) is 26.8. The van der Waals surface area contributed by atoms with Gasteiger partial charge in [0.1, 0.15) is 5.58 Å². The van der Waals surface area contributed by atoms with Crippen molar-refractivity contribution in [3.05, 3.63) is 200 Å². The fraction of sp³-hybridized carbons (Fsp3) is 0. The van der Waals surface area contributed by atoms with E-state index >= 15 is 0 Å². The maximum atomic E-state index is 9.96. The van der Waals surface area contributed by atoms with Crippen molar-refractivity contribution >= 4 is 97.1 Å². The summed E-state index contributed by atoms with van der Waals surface area (Å²) in [6.45, 7) is 0. The molecule has 6 nitrogen and oxygen atoms in total. The van der Waals surface area contributed by atoms with E-state index in [1.54, 1.807) is 15.9 Å². The fourth-order valence-corrected chi connectivity index (χ4v) is 10.4. The summed E-state index contributed by atoms with van der Waals surface area (Å²) >= 11 is 1.63. The Hall–Kier alpha value is -8.39. The molecule has 5 aromatic heterocycles. The third-order valence-corrected chi connectivity index (χ3v) is 13.2. The molecule has 0 amide bonds. The largest absolute Gasteiger partial charge is 0.454 e. The lowest BCUT2D eigenvalue weighted by atomic mass is 10.0. The molecule has 14 rings (SSSR count). The normalized spacial score (nSPS) is 14.2. The summed E-state index contributed by atoms with van der Waals surface area (Å²) < 4.78 is 107. The van der Waals surface area contributed by atoms with Crippen molar-refractivity contribution in [1.29, 1.82) is 0 Å². The highest BCUT2D eigenvalue weighted by Crippen LogP contribution is 2.45. The van der Waals surface area contributed by atoms with Crippen molar-refractivity contribution in [2.24, 2.45) is 0 Å². The molecule has 0 N–H and O–H groups in total. The quantitative estimate of drug-likeness (QED) is 0.173. The Morgan fingerprint density at radius 1 is 0.453 bits per heavy atom. The number of rotatable bonds is 5. The topological polar surface area (TPSA) is 61.7 Å². The van der Waals surface area contributed by atoms with Crippen molar-refractivity contribution < 1.29 is 18.1 Å². The first-order valence-electron chi connectivity index (χ1n) is 25.6. The number of fused-ring (bicyclic) bond motifs is 13. The molecule has 7 heteroatoms. The van der Waals surface area contributed by atoms with Gasteiger partial charge in [-0.2, -0.15) is 9.97 Å². The molecule has 0 saturated heterocycles. The van der Waals surface area contributed by atoms with E-state index < -0.39 is 60.4 Å². The number of nitrogens with zero attached hydrogens (tertiary/aromatic N) is 5. The minimum atomic E-state index is -0.565. The van der Waals surface area contributed by atoms with E-state index in [2.05, 4.69) is 6.07 Å². The lowest BCUT2D eigenvalue weighted by Crippen LogP contribution is -2.07. The van der Waals surface area contributed by atoms with Crippen LogP contribution in [0.15, 0.2) is 204 Å². The summed E-state index contributed by atoms with van der Waals surface area (Å²) in [6.07, 6.45) is 0. The highest BCUT2D eigenvalue weighted by Gasteiger charge is 2.26. The molecular weight excluding hydrogens is 803 g/mol. The van der Waals surface area contributed by atoms with Crippen LogP contribution in [0.1, 0.15) is 13.7 Å². The first-order chi connectivity index (χ1) is 35.9. The monoisotopic (exact) mass is 845 g/mol. The van der Waals surface area contributed by atoms with Gasteiger partial charge < -0.3 is 8.98 Å². The molecule has 0 fully saturated rings. The second-order valence-corrected chi connectivity index (χ2v) is 16.7. The SMILES string of the molecule is [2H]c1c([2H])c([2H])c2c(c1[2H])c1c([2H])c([2H])c3c4c([2H])c([2H])c([2H])c([2H])c4n(-c4cc(-c5ccccc5)cc5c4oc4ccccc45)c3c1n2-c1nc(-c2ccccc2)nc(-c2cccc3sc4ccccc4c23)n1. The van der Waals surface area contributed by atoms with E-state index in [0.29, 0.717) is 33.4 Å². The molecule has 0 spiro atoms. The van der Waals surface area contributed by atoms with Crippen LogP contribution in [-0.2, 0) is 0 Å². The van der Waals surface area contributed by atoms with Crippen LogP contribution >= 0.6 is 11.3 Å². The van der Waals surface area contributed by atoms with Crippen LogP contribution in [0.3, 0.4) is 0 Å². The number of hydrogen-bond acceptors (Lipinski definition) is 5. The van der Waals surface area contributed by atoms with Crippen LogP contribution in [0, 0.1) is 0 Å². The summed E-state index contributed by atoms with van der Waals surface area (Å²) in [5.74, 6) is 0.396. The Balaban J connectivity index is 1.26. The zero-order chi connectivity index (χ0) is 50.6. The molecule has 5 heterocycles. The number of para-hydroxylation sites is 3. The minimum Gasteiger partial charge on any atom is -0.454 e. The Bertz CT molecular complexity index is 4800. The second kappa shape index (κ2) is 13.6. The molecule has 298 valence electrons. The second-order valence-electron chi connectivity index (χ2n) is 15.6. The van der Waals surface area contributed by atoms with E-state index in [-0.39, 0.29) is 61.2 Å². The van der Waals surface area contributed by atoms with Crippen LogP contribution in [-0.4, -0.2) is 24.1 Å². The molecular formula is C57H33N5OS. The van der Waals surface area contributed by atoms with Crippen molar-refractivity contribution in [3.8, 4) is 45.5 Å². The van der Waals surface area contributed by atoms with Gasteiger partial charge in [-0.1, -0.05) is 158 Å². The van der Waals surface area contributed by atoms with E-state index in [4.69, 9.17) is 24.9 Å². The molecule has 0 atom stereocenters. The van der Waals surface area contributed by atoms with Crippen LogP contribution in [0.5, 0.6) is 0 Å². The summed E-state index contributed by atoms with van der Waals surface area (Å²) in [7, 11) is 0. The molecule has 0 radical (unpaired) electrons. The third-order valence-electron chi connectivity index (χ3n) is 12.0. The van der Waals surface area contributed by atoms with Crippen LogP contribution < -0.4 is 0 Å². The highest BCUT2D eigenvalue weighted by molar-refractivity contribution is 7.25. The zero-order valence-electron chi connectivity index (χ0n) is 43.3. The van der Waals surface area contributed by atoms with Crippen LogP contribution in [0.4, 0.5) is 0 Å². The van der Waals surface area contributed by atoms with Gasteiger partial charge in [0, 0.05) is 63.6 Å². The number of thiophene rings is 1. The van der Waals surface area contributed by atoms with Gasteiger partial charge in [0.25, 0.3) is 0 Å². The molecule has 64 heavy (non-hydrogen) atoms. The summed E-state index contributed by atoms with van der Waals surface area (Å²) in [5.41, 5.74) is 4.12. The first-order valence-corrected chi connectivity index (χ1v) is 21.4. The van der Waals surface area contributed by atoms with E-state index in [1.807, 2.05) is 133 Å². The Kier molecular flexibility index (Phi) is 5.68. The van der Waals surface area contributed by atoms with E-state index in [0.717, 1.165) is 36.7 Å². The maximum Gasteiger partial charge on any atom is 0.238 e. The fourth-order valence-electron chi connectivity index (χ4n) is 9.29. The van der Waals surface area contributed by atoms with Gasteiger partial charge in [-0.25, -0.2) is 4.98 Å². The number of aromatic nitrogens is 5. The average Bonchev–Trinajstić information content (AvgIpc) is 4.24. The molecule has 0 aliphatic rings. The summed E-state index contributed by atoms with van der Waals surface area (Å²) in [6, 6.07) is 39.4. The maximum absolute atomic E-state index is 9.96. The molecule has 0 saturated carbocycles. The molecule has 9 aromatic carbocycles. The molecule has 0 bridgehead atoms. The Morgan fingerprint density at radius 3 is 1.86 bits per heavy atom. The van der Waals surface area contributed by atoms with E-state index in [9.17, 15) is 8.22 Å². The van der Waals surface area contributed by atoms with E-state index in [1.165, 1.54) is 4.57 Å². The van der Waals surface area contributed by atoms with Gasteiger partial charge in [0.15, 0.2) is 17.2 Å².